The summed E-state index contributed by atoms with van der Waals surface area (Å²) >= 11 is 0. The molecule has 4 heterocycles. The van der Waals surface area contributed by atoms with Gasteiger partial charge in [-0.15, -0.1) is 0 Å². The van der Waals surface area contributed by atoms with Crippen LogP contribution in [-0.4, -0.2) is 31.4 Å². The number of nitrogens with zero attached hydrogens (tertiary/aromatic N) is 5. The van der Waals surface area contributed by atoms with Crippen molar-refractivity contribution in [3.63, 3.8) is 0 Å². The van der Waals surface area contributed by atoms with E-state index in [9.17, 15) is 0 Å². The van der Waals surface area contributed by atoms with E-state index in [0.29, 0.717) is 0 Å². The minimum Gasteiger partial charge on any atom is -0.309 e. The molecule has 13 aromatic rings. The molecule has 330 valence electrons. The van der Waals surface area contributed by atoms with Crippen molar-refractivity contribution in [3.05, 3.63) is 260 Å². The van der Waals surface area contributed by atoms with Crippen LogP contribution in [0.2, 0.25) is 0 Å². The Labute approximate surface area is 405 Å². The van der Waals surface area contributed by atoms with Crippen LogP contribution in [-0.2, 0) is 0 Å². The number of para-hydroxylation sites is 3. The van der Waals surface area contributed by atoms with Gasteiger partial charge in [-0.25, -0.2) is 0 Å². The van der Waals surface area contributed by atoms with E-state index in [2.05, 4.69) is 250 Å². The number of rotatable bonds is 9. The molecule has 0 unspecified atom stereocenters. The van der Waals surface area contributed by atoms with Crippen LogP contribution in [0.4, 0.5) is 0 Å². The molecule has 13 rings (SSSR count). The van der Waals surface area contributed by atoms with E-state index in [0.717, 1.165) is 83.5 Å². The molecule has 0 saturated carbocycles. The number of fused-ring (bicyclic) bond motifs is 9. The predicted octanol–water partition coefficient (Wildman–Crippen LogP) is 16.4. The van der Waals surface area contributed by atoms with Gasteiger partial charge in [-0.05, 0) is 130 Å². The Morgan fingerprint density at radius 2 is 0.929 bits per heavy atom. The molecule has 0 aliphatic heterocycles. The van der Waals surface area contributed by atoms with Gasteiger partial charge in [-0.3, -0.25) is 9.98 Å². The highest BCUT2D eigenvalue weighted by atomic mass is 15.0. The standard InChI is InChI=1S/C65H45N5/c1-66-58(45-19-7-3-8-20-45)43-52(34-30-44-17-5-2-6-18-44)70-60-28-14-12-26-54(60)56-41-48(32-36-62(56)70)47-31-35-61-55(40-47)53-25-11-13-27-59(53)69(61)51-24-15-21-46(39-51)49-33-37-63-57(42-49)65-64(29-16-38-67-65)68(63)50-22-9-4-10-23-50/h2-43H,1H3/b34-30+,52-43+,66-58?. The molecule has 0 aliphatic carbocycles. The van der Waals surface area contributed by atoms with Crippen molar-refractivity contribution in [2.75, 3.05) is 7.05 Å². The third-order valence-corrected chi connectivity index (χ3v) is 13.7. The maximum Gasteiger partial charge on any atom is 0.0963 e. The molecule has 9 aromatic carbocycles. The normalized spacial score (nSPS) is 12.5. The summed E-state index contributed by atoms with van der Waals surface area (Å²) in [5.74, 6) is 0. The molecular weight excluding hydrogens is 851 g/mol. The summed E-state index contributed by atoms with van der Waals surface area (Å²) in [6.45, 7) is 0. The summed E-state index contributed by atoms with van der Waals surface area (Å²) in [6, 6.07) is 82.7. The van der Waals surface area contributed by atoms with Crippen molar-refractivity contribution in [3.8, 4) is 33.6 Å². The number of aromatic nitrogens is 4. The van der Waals surface area contributed by atoms with Gasteiger partial charge in [0, 0.05) is 57.2 Å². The van der Waals surface area contributed by atoms with Crippen LogP contribution in [0.5, 0.6) is 0 Å². The quantitative estimate of drug-likeness (QED) is 0.105. The summed E-state index contributed by atoms with van der Waals surface area (Å²) in [5, 5.41) is 5.96. The third-order valence-electron chi connectivity index (χ3n) is 13.7. The topological polar surface area (TPSA) is 40.0 Å². The first kappa shape index (κ1) is 40.9. The molecule has 70 heavy (non-hydrogen) atoms. The van der Waals surface area contributed by atoms with Crippen molar-refractivity contribution in [1.82, 2.24) is 18.7 Å². The number of hydrogen-bond donors (Lipinski definition) is 0. The van der Waals surface area contributed by atoms with Crippen LogP contribution < -0.4 is 0 Å². The minimum atomic E-state index is 0.914. The summed E-state index contributed by atoms with van der Waals surface area (Å²) in [6.07, 6.45) is 8.49. The van der Waals surface area contributed by atoms with Gasteiger partial charge in [0.1, 0.15) is 0 Å². The molecule has 5 nitrogen and oxygen atoms in total. The highest BCUT2D eigenvalue weighted by Crippen LogP contribution is 2.40. The van der Waals surface area contributed by atoms with E-state index in [4.69, 9.17) is 9.98 Å². The van der Waals surface area contributed by atoms with Gasteiger partial charge in [0.05, 0.1) is 44.3 Å². The number of aliphatic imine (C=N–C) groups is 1. The largest absolute Gasteiger partial charge is 0.309 e. The Morgan fingerprint density at radius 1 is 0.414 bits per heavy atom. The second-order valence-electron chi connectivity index (χ2n) is 17.8. The van der Waals surface area contributed by atoms with Crippen LogP contribution in [0.1, 0.15) is 11.1 Å². The third kappa shape index (κ3) is 6.94. The fourth-order valence-corrected chi connectivity index (χ4v) is 10.5. The maximum atomic E-state index is 4.89. The number of hydrogen-bond acceptors (Lipinski definition) is 2. The fourth-order valence-electron chi connectivity index (χ4n) is 10.5. The van der Waals surface area contributed by atoms with E-state index in [1.54, 1.807) is 0 Å². The first-order valence-corrected chi connectivity index (χ1v) is 23.8. The van der Waals surface area contributed by atoms with Crippen LogP contribution in [0.25, 0.3) is 111 Å². The zero-order valence-electron chi connectivity index (χ0n) is 38.5. The van der Waals surface area contributed by atoms with Crippen LogP contribution in [0.15, 0.2) is 254 Å². The van der Waals surface area contributed by atoms with E-state index in [-0.39, 0.29) is 0 Å². The predicted molar refractivity (Wildman–Crippen MR) is 295 cm³/mol. The first-order valence-electron chi connectivity index (χ1n) is 23.8. The van der Waals surface area contributed by atoms with Crippen molar-refractivity contribution in [1.29, 1.82) is 0 Å². The van der Waals surface area contributed by atoms with Crippen LogP contribution in [0, 0.1) is 0 Å². The summed E-state index contributed by atoms with van der Waals surface area (Å²) < 4.78 is 7.10. The van der Waals surface area contributed by atoms with Crippen molar-refractivity contribution in [2.24, 2.45) is 4.99 Å². The van der Waals surface area contributed by atoms with Gasteiger partial charge in [-0.2, -0.15) is 0 Å². The molecule has 4 aromatic heterocycles. The lowest BCUT2D eigenvalue weighted by molar-refractivity contribution is 1.17. The lowest BCUT2D eigenvalue weighted by atomic mass is 10.0. The van der Waals surface area contributed by atoms with Gasteiger partial charge in [0.25, 0.3) is 0 Å². The molecule has 5 heteroatoms. The Hall–Kier alpha value is -9.32. The van der Waals surface area contributed by atoms with E-state index in [1.807, 2.05) is 25.4 Å². The number of allylic oxidation sites excluding steroid dienone is 3. The van der Waals surface area contributed by atoms with E-state index < -0.39 is 0 Å². The average molecular weight is 896 g/mol. The van der Waals surface area contributed by atoms with E-state index >= 15 is 0 Å². The molecule has 0 N–H and O–H groups in total. The van der Waals surface area contributed by atoms with Gasteiger partial charge in [0.2, 0.25) is 0 Å². The summed E-state index contributed by atoms with van der Waals surface area (Å²) in [7, 11) is 1.87. The SMILES string of the molecule is CN=C(/C=C(\C=C\c1ccccc1)n1c2ccccc2c2cc(-c3ccc4c(c3)c3ccccc3n4-c3cccc(-c4ccc5c(c4)c4ncccc4n5-c4ccccc4)c3)ccc21)c1ccccc1. The van der Waals surface area contributed by atoms with Crippen molar-refractivity contribution >= 4 is 83.0 Å². The number of pyridine rings is 1. The average Bonchev–Trinajstić information content (AvgIpc) is 4.07. The van der Waals surface area contributed by atoms with E-state index in [1.165, 1.54) is 38.2 Å². The van der Waals surface area contributed by atoms with Gasteiger partial charge < -0.3 is 13.7 Å². The lowest BCUT2D eigenvalue weighted by Crippen LogP contribution is -2.02. The Balaban J connectivity index is 0.916. The molecule has 0 saturated heterocycles. The molecular formula is C65H45N5. The lowest BCUT2D eigenvalue weighted by Gasteiger charge is -2.12. The smallest absolute Gasteiger partial charge is 0.0963 e. The van der Waals surface area contributed by atoms with Crippen molar-refractivity contribution in [2.45, 2.75) is 0 Å². The molecule has 0 aliphatic rings. The molecule has 0 amide bonds. The second-order valence-corrected chi connectivity index (χ2v) is 17.8. The van der Waals surface area contributed by atoms with Crippen LogP contribution in [0.3, 0.4) is 0 Å². The zero-order chi connectivity index (χ0) is 46.5. The van der Waals surface area contributed by atoms with Gasteiger partial charge >= 0.3 is 0 Å². The fraction of sp³-hybridized carbons (Fsp3) is 0.0154. The first-order chi connectivity index (χ1) is 34.7. The zero-order valence-corrected chi connectivity index (χ0v) is 38.5. The Bertz CT molecular complexity index is 4220. The van der Waals surface area contributed by atoms with Gasteiger partial charge in [0.15, 0.2) is 0 Å². The summed E-state index contributed by atoms with van der Waals surface area (Å²) in [4.78, 5) is 9.66. The van der Waals surface area contributed by atoms with Crippen LogP contribution >= 0.6 is 0 Å². The Kier molecular flexibility index (Phi) is 9.98. The molecule has 0 atom stereocenters. The second kappa shape index (κ2) is 17.1. The molecule has 0 fully saturated rings. The Morgan fingerprint density at radius 3 is 1.66 bits per heavy atom. The highest BCUT2D eigenvalue weighted by molar-refractivity contribution is 6.17. The highest BCUT2D eigenvalue weighted by Gasteiger charge is 2.19. The minimum absolute atomic E-state index is 0.914. The molecule has 0 bridgehead atoms. The molecule has 0 radical (unpaired) electrons. The number of benzene rings is 9. The summed E-state index contributed by atoms with van der Waals surface area (Å²) in [5.41, 5.74) is 18.9. The van der Waals surface area contributed by atoms with Crippen molar-refractivity contribution < 1.29 is 0 Å². The maximum absolute atomic E-state index is 4.89. The molecule has 0 spiro atoms. The monoisotopic (exact) mass is 895 g/mol. The van der Waals surface area contributed by atoms with Gasteiger partial charge in [-0.1, -0.05) is 152 Å².